The first kappa shape index (κ1) is 19.3. The first-order valence-corrected chi connectivity index (χ1v) is 9.71. The number of pyridine rings is 1. The summed E-state index contributed by atoms with van der Waals surface area (Å²) < 4.78 is 1.70. The van der Waals surface area contributed by atoms with Crippen LogP contribution in [0.25, 0.3) is 16.6 Å². The van der Waals surface area contributed by atoms with E-state index in [0.29, 0.717) is 42.0 Å². The maximum atomic E-state index is 12.2. The van der Waals surface area contributed by atoms with Crippen molar-refractivity contribution >= 4 is 28.3 Å². The summed E-state index contributed by atoms with van der Waals surface area (Å²) in [4.78, 5) is 21.0. The van der Waals surface area contributed by atoms with E-state index in [2.05, 4.69) is 31.8 Å². The van der Waals surface area contributed by atoms with Gasteiger partial charge in [0.15, 0.2) is 5.65 Å². The summed E-state index contributed by atoms with van der Waals surface area (Å²) in [6.07, 6.45) is 2.86. The predicted octanol–water partition coefficient (Wildman–Crippen LogP) is 3.52. The molecule has 0 radical (unpaired) electrons. The fraction of sp³-hybridized carbons (Fsp3) is 0.227. The molecule has 2 N–H and O–H groups in total. The van der Waals surface area contributed by atoms with Gasteiger partial charge in [-0.1, -0.05) is 18.2 Å². The van der Waals surface area contributed by atoms with Crippen LogP contribution in [0, 0.1) is 25.2 Å². The molecule has 0 unspecified atom stereocenters. The van der Waals surface area contributed by atoms with Crippen LogP contribution in [0.4, 0.5) is 10.5 Å². The van der Waals surface area contributed by atoms with Crippen molar-refractivity contribution in [1.82, 2.24) is 24.9 Å². The average Bonchev–Trinajstić information content (AvgIpc) is 3.08. The fourth-order valence-corrected chi connectivity index (χ4v) is 3.43. The maximum absolute atomic E-state index is 12.2. The van der Waals surface area contributed by atoms with Gasteiger partial charge in [-0.15, -0.1) is 0 Å². The van der Waals surface area contributed by atoms with Crippen LogP contribution in [-0.4, -0.2) is 32.2 Å². The summed E-state index contributed by atoms with van der Waals surface area (Å²) in [5, 5.41) is 20.7. The minimum absolute atomic E-state index is 0.296. The van der Waals surface area contributed by atoms with Crippen LogP contribution in [0.3, 0.4) is 0 Å². The molecule has 0 saturated carbocycles. The Labute approximate surface area is 173 Å². The molecule has 0 atom stereocenters. The van der Waals surface area contributed by atoms with Crippen molar-refractivity contribution in [2.75, 3.05) is 11.9 Å². The van der Waals surface area contributed by atoms with E-state index in [1.165, 1.54) is 0 Å². The first-order valence-electron chi connectivity index (χ1n) is 9.71. The van der Waals surface area contributed by atoms with Crippen LogP contribution in [0.15, 0.2) is 42.6 Å². The van der Waals surface area contributed by atoms with Crippen LogP contribution >= 0.6 is 0 Å². The molecule has 4 aromatic rings. The highest BCUT2D eigenvalue weighted by atomic mass is 16.2. The molecular weight excluding hydrogens is 378 g/mol. The van der Waals surface area contributed by atoms with Gasteiger partial charge in [-0.2, -0.15) is 10.4 Å². The predicted molar refractivity (Wildman–Crippen MR) is 114 cm³/mol. The number of rotatable bonds is 5. The van der Waals surface area contributed by atoms with E-state index in [0.717, 1.165) is 22.3 Å². The Kier molecular flexibility index (Phi) is 5.26. The molecule has 3 aromatic heterocycles. The van der Waals surface area contributed by atoms with Crippen molar-refractivity contribution in [1.29, 1.82) is 5.26 Å². The molecule has 8 heteroatoms. The van der Waals surface area contributed by atoms with Crippen molar-refractivity contribution < 1.29 is 4.79 Å². The van der Waals surface area contributed by atoms with Crippen molar-refractivity contribution in [3.05, 3.63) is 65.2 Å². The largest absolute Gasteiger partial charge is 0.338 e. The lowest BCUT2D eigenvalue weighted by Crippen LogP contribution is -2.29. The number of urea groups is 1. The normalized spacial score (nSPS) is 10.8. The second kappa shape index (κ2) is 8.17. The van der Waals surface area contributed by atoms with Crippen LogP contribution in [0.5, 0.6) is 0 Å². The summed E-state index contributed by atoms with van der Waals surface area (Å²) in [6.45, 7) is 4.29. The molecule has 0 saturated heterocycles. The highest BCUT2D eigenvalue weighted by molar-refractivity contribution is 5.91. The number of aromatic nitrogens is 4. The third-order valence-electron chi connectivity index (χ3n) is 4.80. The number of nitrogens with zero attached hydrogens (tertiary/aromatic N) is 5. The van der Waals surface area contributed by atoms with E-state index in [-0.39, 0.29) is 6.03 Å². The lowest BCUT2D eigenvalue weighted by Gasteiger charge is -2.08. The number of amides is 2. The Morgan fingerprint density at radius 2 is 2.07 bits per heavy atom. The lowest BCUT2D eigenvalue weighted by atomic mass is 10.1. The number of fused-ring (bicyclic) bond motifs is 2. The van der Waals surface area contributed by atoms with Crippen LogP contribution < -0.4 is 10.6 Å². The smallest absolute Gasteiger partial charge is 0.319 e. The first-order chi connectivity index (χ1) is 14.5. The summed E-state index contributed by atoms with van der Waals surface area (Å²) in [6, 6.07) is 13.5. The molecule has 0 aliphatic carbocycles. The molecule has 2 amide bonds. The molecule has 0 aliphatic rings. The Morgan fingerprint density at radius 3 is 2.90 bits per heavy atom. The molecule has 0 bridgehead atoms. The van der Waals surface area contributed by atoms with Crippen molar-refractivity contribution in [2.45, 2.75) is 26.7 Å². The molecule has 30 heavy (non-hydrogen) atoms. The van der Waals surface area contributed by atoms with E-state index in [4.69, 9.17) is 0 Å². The fourth-order valence-electron chi connectivity index (χ4n) is 3.43. The molecule has 0 spiro atoms. The number of aryl methyl sites for hydroxylation is 3. The zero-order chi connectivity index (χ0) is 21.1. The second-order valence-corrected chi connectivity index (χ2v) is 7.11. The van der Waals surface area contributed by atoms with Gasteiger partial charge in [-0.3, -0.25) is 4.98 Å². The third kappa shape index (κ3) is 3.91. The highest BCUT2D eigenvalue weighted by Gasteiger charge is 2.15. The minimum atomic E-state index is -0.296. The van der Waals surface area contributed by atoms with Crippen LogP contribution in [-0.2, 0) is 6.42 Å². The molecule has 0 aliphatic heterocycles. The van der Waals surface area contributed by atoms with Gasteiger partial charge in [0.25, 0.3) is 0 Å². The maximum Gasteiger partial charge on any atom is 0.319 e. The molecule has 3 heterocycles. The zero-order valence-electron chi connectivity index (χ0n) is 16.8. The van der Waals surface area contributed by atoms with Gasteiger partial charge >= 0.3 is 6.03 Å². The number of carbonyl (C=O) groups is 1. The lowest BCUT2D eigenvalue weighted by molar-refractivity contribution is 0.252. The highest BCUT2D eigenvalue weighted by Crippen LogP contribution is 2.17. The number of nitriles is 1. The molecule has 1 aromatic carbocycles. The van der Waals surface area contributed by atoms with E-state index in [1.807, 2.05) is 50.2 Å². The van der Waals surface area contributed by atoms with E-state index in [1.54, 1.807) is 10.7 Å². The van der Waals surface area contributed by atoms with Gasteiger partial charge in [-0.25, -0.2) is 14.3 Å². The van der Waals surface area contributed by atoms with Gasteiger partial charge < -0.3 is 10.6 Å². The van der Waals surface area contributed by atoms with E-state index < -0.39 is 0 Å². The Balaban J connectivity index is 1.35. The summed E-state index contributed by atoms with van der Waals surface area (Å²) >= 11 is 0. The second-order valence-electron chi connectivity index (χ2n) is 7.11. The quantitative estimate of drug-likeness (QED) is 0.499. The number of anilines is 1. The summed E-state index contributed by atoms with van der Waals surface area (Å²) in [7, 11) is 0. The van der Waals surface area contributed by atoms with Gasteiger partial charge in [0.05, 0.1) is 23.1 Å². The third-order valence-corrected chi connectivity index (χ3v) is 4.80. The van der Waals surface area contributed by atoms with Crippen LogP contribution in [0.2, 0.25) is 0 Å². The van der Waals surface area contributed by atoms with Gasteiger partial charge in [0, 0.05) is 23.3 Å². The molecule has 0 fully saturated rings. The monoisotopic (exact) mass is 399 g/mol. The van der Waals surface area contributed by atoms with Crippen molar-refractivity contribution in [3.8, 4) is 6.07 Å². The molecule has 4 rings (SSSR count). The number of para-hydroxylation sites is 1. The number of hydrogen-bond acceptors (Lipinski definition) is 5. The number of nitrogens with one attached hydrogen (secondary N) is 2. The van der Waals surface area contributed by atoms with E-state index in [9.17, 15) is 10.1 Å². The zero-order valence-corrected chi connectivity index (χ0v) is 16.8. The topological polar surface area (TPSA) is 108 Å². The SMILES string of the molecule is Cc1cc(C)n2nc(CCCNC(=O)Nc3cnc4ccccc4c3)c(C#N)c2n1. The Bertz CT molecular complexity index is 1290. The van der Waals surface area contributed by atoms with Crippen LogP contribution in [0.1, 0.15) is 29.1 Å². The van der Waals surface area contributed by atoms with Gasteiger partial charge in [0.2, 0.25) is 0 Å². The summed E-state index contributed by atoms with van der Waals surface area (Å²) in [5.74, 6) is 0. The molecule has 8 nitrogen and oxygen atoms in total. The number of benzene rings is 1. The summed E-state index contributed by atoms with van der Waals surface area (Å²) in [5.41, 5.74) is 5.07. The molecule has 150 valence electrons. The standard InChI is InChI=1S/C22H21N7O/c1-14-10-15(2)29-21(26-14)18(12-23)20(28-29)8-5-9-24-22(30)27-17-11-16-6-3-4-7-19(16)25-13-17/h3-4,6-7,10-11,13H,5,8-9H2,1-2H3,(H2,24,27,30). The molecular formula is C22H21N7O. The van der Waals surface area contributed by atoms with Crippen molar-refractivity contribution in [3.63, 3.8) is 0 Å². The van der Waals surface area contributed by atoms with Gasteiger partial charge in [0.1, 0.15) is 11.6 Å². The Morgan fingerprint density at radius 1 is 1.23 bits per heavy atom. The average molecular weight is 399 g/mol. The number of carbonyl (C=O) groups excluding carboxylic acids is 1. The Hall–Kier alpha value is -3.99. The van der Waals surface area contributed by atoms with E-state index >= 15 is 0 Å². The van der Waals surface area contributed by atoms with Crippen molar-refractivity contribution in [2.24, 2.45) is 0 Å². The van der Waals surface area contributed by atoms with Gasteiger partial charge in [-0.05, 0) is 44.9 Å². The minimum Gasteiger partial charge on any atom is -0.338 e. The number of hydrogen-bond donors (Lipinski definition) is 2.